The Bertz CT molecular complexity index is 424. The summed E-state index contributed by atoms with van der Waals surface area (Å²) in [5.74, 6) is 4.35. The maximum absolute atomic E-state index is 10.1. The number of nitrogen functional groups attached to an aromatic ring is 1. The highest BCUT2D eigenvalue weighted by molar-refractivity contribution is 5.80. The van der Waals surface area contributed by atoms with Crippen LogP contribution in [0.3, 0.4) is 0 Å². The predicted molar refractivity (Wildman–Crippen MR) is 54.5 cm³/mol. The van der Waals surface area contributed by atoms with E-state index in [0.717, 1.165) is 11.6 Å². The minimum Gasteiger partial charge on any atom is -0.478 e. The molecule has 3 heteroatoms. The van der Waals surface area contributed by atoms with Gasteiger partial charge in [0.05, 0.1) is 0 Å². The molecule has 0 aromatic heterocycles. The van der Waals surface area contributed by atoms with Crippen molar-refractivity contribution in [2.24, 2.45) is 0 Å². The summed E-state index contributed by atoms with van der Waals surface area (Å²) in [6.45, 7) is 0. The van der Waals surface area contributed by atoms with Crippen molar-refractivity contribution < 1.29 is 9.90 Å². The van der Waals surface area contributed by atoms with Gasteiger partial charge in [0.1, 0.15) is 0 Å². The number of hydrogen-bond acceptors (Lipinski definition) is 2. The van der Waals surface area contributed by atoms with Gasteiger partial charge in [0.2, 0.25) is 0 Å². The van der Waals surface area contributed by atoms with Crippen LogP contribution in [-0.2, 0) is 4.79 Å². The topological polar surface area (TPSA) is 63.3 Å². The number of carbonyl (C=O) groups is 1. The van der Waals surface area contributed by atoms with Crippen LogP contribution in [0.1, 0.15) is 5.56 Å². The van der Waals surface area contributed by atoms with E-state index in [9.17, 15) is 4.79 Å². The third-order valence-corrected chi connectivity index (χ3v) is 1.41. The van der Waals surface area contributed by atoms with E-state index < -0.39 is 5.97 Å². The Labute approximate surface area is 81.9 Å². The Morgan fingerprint density at radius 1 is 1.50 bits per heavy atom. The van der Waals surface area contributed by atoms with Crippen molar-refractivity contribution in [3.63, 3.8) is 0 Å². The molecule has 0 heterocycles. The van der Waals surface area contributed by atoms with E-state index in [1.165, 1.54) is 6.08 Å². The molecule has 0 spiro atoms. The SMILES string of the molecule is Nc1cccc(C#C/C=C/C(=O)O)c1. The molecule has 3 nitrogen and oxygen atoms in total. The van der Waals surface area contributed by atoms with Gasteiger partial charge in [-0.15, -0.1) is 0 Å². The minimum atomic E-state index is -1.01. The molecular formula is C11H9NO2. The lowest BCUT2D eigenvalue weighted by molar-refractivity contribution is -0.131. The molecule has 0 saturated carbocycles. The summed E-state index contributed by atoms with van der Waals surface area (Å²) < 4.78 is 0. The van der Waals surface area contributed by atoms with E-state index in [1.807, 2.05) is 0 Å². The number of nitrogens with two attached hydrogens (primary N) is 1. The average molecular weight is 187 g/mol. The zero-order valence-electron chi connectivity index (χ0n) is 7.40. The van der Waals surface area contributed by atoms with Gasteiger partial charge in [-0.05, 0) is 24.3 Å². The fraction of sp³-hybridized carbons (Fsp3) is 0. The van der Waals surface area contributed by atoms with Gasteiger partial charge < -0.3 is 10.8 Å². The standard InChI is InChI=1S/C11H9NO2/c12-10-6-3-5-9(8-10)4-1-2-7-11(13)14/h2-3,5-8H,12H2,(H,13,14)/b7-2+. The Morgan fingerprint density at radius 2 is 2.29 bits per heavy atom. The van der Waals surface area contributed by atoms with Gasteiger partial charge >= 0.3 is 5.97 Å². The molecule has 0 aliphatic carbocycles. The lowest BCUT2D eigenvalue weighted by atomic mass is 10.2. The summed E-state index contributed by atoms with van der Waals surface area (Å²) in [6, 6.07) is 7.08. The van der Waals surface area contributed by atoms with E-state index in [2.05, 4.69) is 11.8 Å². The van der Waals surface area contributed by atoms with Crippen molar-refractivity contribution in [1.29, 1.82) is 0 Å². The van der Waals surface area contributed by atoms with E-state index in [1.54, 1.807) is 24.3 Å². The number of carboxylic acids is 1. The zero-order chi connectivity index (χ0) is 10.4. The molecule has 0 aliphatic rings. The molecule has 1 aromatic rings. The first-order valence-corrected chi connectivity index (χ1v) is 3.95. The molecule has 0 radical (unpaired) electrons. The third kappa shape index (κ3) is 3.46. The van der Waals surface area contributed by atoms with Crippen molar-refractivity contribution >= 4 is 11.7 Å². The number of aliphatic carboxylic acids is 1. The predicted octanol–water partition coefficient (Wildman–Crippen LogP) is 1.26. The summed E-state index contributed by atoms with van der Waals surface area (Å²) in [5, 5.41) is 8.28. The number of benzene rings is 1. The van der Waals surface area contributed by atoms with E-state index >= 15 is 0 Å². The maximum atomic E-state index is 10.1. The Kier molecular flexibility index (Phi) is 3.33. The van der Waals surface area contributed by atoms with Gasteiger partial charge in [-0.3, -0.25) is 0 Å². The maximum Gasteiger partial charge on any atom is 0.328 e. The van der Waals surface area contributed by atoms with Gasteiger partial charge in [0, 0.05) is 17.3 Å². The lowest BCUT2D eigenvalue weighted by Crippen LogP contribution is -1.85. The molecule has 0 bridgehead atoms. The summed E-state index contributed by atoms with van der Waals surface area (Å²) >= 11 is 0. The Balaban J connectivity index is 2.73. The van der Waals surface area contributed by atoms with E-state index in [-0.39, 0.29) is 0 Å². The fourth-order valence-electron chi connectivity index (χ4n) is 0.854. The monoisotopic (exact) mass is 187 g/mol. The molecule has 0 amide bonds. The number of allylic oxidation sites excluding steroid dienone is 1. The number of carboxylic acid groups (broad SMARTS) is 1. The van der Waals surface area contributed by atoms with Gasteiger partial charge in [0.15, 0.2) is 0 Å². The summed E-state index contributed by atoms with van der Waals surface area (Å²) in [4.78, 5) is 10.1. The molecule has 0 aliphatic heterocycles. The quantitative estimate of drug-likeness (QED) is 0.395. The average Bonchev–Trinajstić information content (AvgIpc) is 2.12. The first-order chi connectivity index (χ1) is 6.68. The van der Waals surface area contributed by atoms with Crippen LogP contribution in [0.25, 0.3) is 0 Å². The van der Waals surface area contributed by atoms with Crippen LogP contribution in [0.2, 0.25) is 0 Å². The molecule has 1 rings (SSSR count). The first kappa shape index (κ1) is 9.87. The second-order valence-corrected chi connectivity index (χ2v) is 2.57. The van der Waals surface area contributed by atoms with Crippen molar-refractivity contribution in [2.75, 3.05) is 5.73 Å². The minimum absolute atomic E-state index is 0.638. The summed E-state index contributed by atoms with van der Waals surface area (Å²) in [7, 11) is 0. The molecule has 0 unspecified atom stereocenters. The second-order valence-electron chi connectivity index (χ2n) is 2.57. The van der Waals surface area contributed by atoms with Crippen molar-refractivity contribution in [3.05, 3.63) is 42.0 Å². The molecule has 1 aromatic carbocycles. The smallest absolute Gasteiger partial charge is 0.328 e. The number of hydrogen-bond donors (Lipinski definition) is 2. The van der Waals surface area contributed by atoms with Gasteiger partial charge in [-0.1, -0.05) is 17.9 Å². The molecule has 70 valence electrons. The van der Waals surface area contributed by atoms with Crippen molar-refractivity contribution in [3.8, 4) is 11.8 Å². The van der Waals surface area contributed by atoms with E-state index in [4.69, 9.17) is 10.8 Å². The molecule has 3 N–H and O–H groups in total. The lowest BCUT2D eigenvalue weighted by Gasteiger charge is -1.91. The molecule has 0 atom stereocenters. The van der Waals surface area contributed by atoms with Gasteiger partial charge in [0.25, 0.3) is 0 Å². The zero-order valence-corrected chi connectivity index (χ0v) is 7.40. The molecule has 0 fully saturated rings. The van der Waals surface area contributed by atoms with Crippen LogP contribution in [0, 0.1) is 11.8 Å². The largest absolute Gasteiger partial charge is 0.478 e. The Morgan fingerprint density at radius 3 is 2.93 bits per heavy atom. The van der Waals surface area contributed by atoms with Crippen LogP contribution < -0.4 is 5.73 Å². The molecular weight excluding hydrogens is 178 g/mol. The molecule has 14 heavy (non-hydrogen) atoms. The second kappa shape index (κ2) is 4.73. The summed E-state index contributed by atoms with van der Waals surface area (Å²) in [5.41, 5.74) is 6.93. The van der Waals surface area contributed by atoms with Crippen LogP contribution in [0.5, 0.6) is 0 Å². The number of rotatable bonds is 1. The van der Waals surface area contributed by atoms with Crippen molar-refractivity contribution in [2.45, 2.75) is 0 Å². The van der Waals surface area contributed by atoms with Crippen LogP contribution in [0.4, 0.5) is 5.69 Å². The molecule has 0 saturated heterocycles. The highest BCUT2D eigenvalue weighted by atomic mass is 16.4. The first-order valence-electron chi connectivity index (χ1n) is 3.95. The Hall–Kier alpha value is -2.21. The fourth-order valence-corrected chi connectivity index (χ4v) is 0.854. The van der Waals surface area contributed by atoms with Crippen LogP contribution in [0.15, 0.2) is 36.4 Å². The van der Waals surface area contributed by atoms with E-state index in [0.29, 0.717) is 5.69 Å². The highest BCUT2D eigenvalue weighted by Gasteiger charge is 1.86. The van der Waals surface area contributed by atoms with Crippen molar-refractivity contribution in [1.82, 2.24) is 0 Å². The van der Waals surface area contributed by atoms with Crippen LogP contribution in [-0.4, -0.2) is 11.1 Å². The summed E-state index contributed by atoms with van der Waals surface area (Å²) in [6.07, 6.45) is 2.27. The van der Waals surface area contributed by atoms with Crippen LogP contribution >= 0.6 is 0 Å². The normalized spacial score (nSPS) is 9.43. The van der Waals surface area contributed by atoms with Gasteiger partial charge in [-0.25, -0.2) is 4.79 Å². The highest BCUT2D eigenvalue weighted by Crippen LogP contribution is 2.04. The number of anilines is 1. The van der Waals surface area contributed by atoms with Gasteiger partial charge in [-0.2, -0.15) is 0 Å². The third-order valence-electron chi connectivity index (χ3n) is 1.41.